The molecule has 6 nitrogen and oxygen atoms in total. The molecule has 6 heteroatoms. The maximum absolute atomic E-state index is 12.3. The SMILES string of the molecule is CN=C(NCC1CC1)NC1CC(=O)N(c2cccc(OC)c2)C1. The molecule has 1 saturated carbocycles. The number of nitrogens with one attached hydrogen (secondary N) is 2. The van der Waals surface area contributed by atoms with E-state index in [0.29, 0.717) is 13.0 Å². The monoisotopic (exact) mass is 316 g/mol. The van der Waals surface area contributed by atoms with Crippen LogP contribution < -0.4 is 20.3 Å². The maximum Gasteiger partial charge on any atom is 0.229 e. The van der Waals surface area contributed by atoms with Gasteiger partial charge in [-0.15, -0.1) is 0 Å². The number of anilines is 1. The van der Waals surface area contributed by atoms with Crippen LogP contribution in [-0.4, -0.2) is 45.2 Å². The van der Waals surface area contributed by atoms with E-state index < -0.39 is 0 Å². The molecule has 1 aliphatic heterocycles. The van der Waals surface area contributed by atoms with Crippen LogP contribution in [0.25, 0.3) is 0 Å². The second-order valence-electron chi connectivity index (χ2n) is 6.15. The van der Waals surface area contributed by atoms with Gasteiger partial charge in [-0.1, -0.05) is 6.07 Å². The molecule has 1 unspecified atom stereocenters. The molecule has 1 aromatic rings. The molecule has 3 rings (SSSR count). The fourth-order valence-corrected chi connectivity index (χ4v) is 2.78. The molecule has 1 aliphatic carbocycles. The smallest absolute Gasteiger partial charge is 0.229 e. The third-order valence-electron chi connectivity index (χ3n) is 4.31. The number of benzene rings is 1. The van der Waals surface area contributed by atoms with Crippen LogP contribution in [0.4, 0.5) is 5.69 Å². The lowest BCUT2D eigenvalue weighted by Gasteiger charge is -2.19. The Kier molecular flexibility index (Phi) is 4.69. The number of hydrogen-bond donors (Lipinski definition) is 2. The predicted molar refractivity (Wildman–Crippen MR) is 91.0 cm³/mol. The number of carbonyl (C=O) groups is 1. The number of methoxy groups -OCH3 is 1. The second-order valence-corrected chi connectivity index (χ2v) is 6.15. The van der Waals surface area contributed by atoms with Gasteiger partial charge < -0.3 is 20.3 Å². The highest BCUT2D eigenvalue weighted by Gasteiger charge is 2.31. The molecule has 1 saturated heterocycles. The number of amides is 1. The summed E-state index contributed by atoms with van der Waals surface area (Å²) in [5.74, 6) is 2.44. The quantitative estimate of drug-likeness (QED) is 0.636. The van der Waals surface area contributed by atoms with Crippen LogP contribution >= 0.6 is 0 Å². The van der Waals surface area contributed by atoms with Gasteiger partial charge in [0.05, 0.1) is 13.2 Å². The summed E-state index contributed by atoms with van der Waals surface area (Å²) >= 11 is 0. The van der Waals surface area contributed by atoms with E-state index in [1.54, 1.807) is 19.1 Å². The van der Waals surface area contributed by atoms with Crippen molar-refractivity contribution in [1.29, 1.82) is 0 Å². The summed E-state index contributed by atoms with van der Waals surface area (Å²) in [5.41, 5.74) is 0.875. The summed E-state index contributed by atoms with van der Waals surface area (Å²) in [4.78, 5) is 18.4. The highest BCUT2D eigenvalue weighted by Crippen LogP contribution is 2.27. The normalized spacial score (nSPS) is 21.5. The summed E-state index contributed by atoms with van der Waals surface area (Å²) in [6, 6.07) is 7.67. The Morgan fingerprint density at radius 2 is 2.26 bits per heavy atom. The topological polar surface area (TPSA) is 66.0 Å². The summed E-state index contributed by atoms with van der Waals surface area (Å²) in [7, 11) is 3.39. The number of aliphatic imine (C=N–C) groups is 1. The first-order valence-electron chi connectivity index (χ1n) is 8.11. The van der Waals surface area contributed by atoms with Crippen LogP contribution in [0.2, 0.25) is 0 Å². The number of guanidine groups is 1. The van der Waals surface area contributed by atoms with Gasteiger partial charge in [0.15, 0.2) is 5.96 Å². The van der Waals surface area contributed by atoms with E-state index >= 15 is 0 Å². The zero-order chi connectivity index (χ0) is 16.2. The Balaban J connectivity index is 1.59. The minimum atomic E-state index is 0.0686. The molecular weight excluding hydrogens is 292 g/mol. The summed E-state index contributed by atoms with van der Waals surface area (Å²) in [6.07, 6.45) is 3.08. The molecule has 0 aromatic heterocycles. The van der Waals surface area contributed by atoms with Crippen LogP contribution in [0.1, 0.15) is 19.3 Å². The van der Waals surface area contributed by atoms with Gasteiger partial charge in [0.1, 0.15) is 5.75 Å². The molecule has 1 atom stereocenters. The molecule has 2 N–H and O–H groups in total. The van der Waals surface area contributed by atoms with Crippen LogP contribution in [0, 0.1) is 5.92 Å². The van der Waals surface area contributed by atoms with E-state index in [0.717, 1.165) is 29.9 Å². The lowest BCUT2D eigenvalue weighted by molar-refractivity contribution is -0.117. The fourth-order valence-electron chi connectivity index (χ4n) is 2.78. The van der Waals surface area contributed by atoms with Gasteiger partial charge in [0.25, 0.3) is 0 Å². The van der Waals surface area contributed by atoms with E-state index in [2.05, 4.69) is 15.6 Å². The standard InChI is InChI=1S/C17H24N4O2/c1-18-17(19-10-12-6-7-12)20-13-8-16(22)21(11-13)14-4-3-5-15(9-14)23-2/h3-5,9,12-13H,6-8,10-11H2,1-2H3,(H2,18,19,20). The van der Waals surface area contributed by atoms with E-state index in [1.165, 1.54) is 12.8 Å². The first-order valence-corrected chi connectivity index (χ1v) is 8.11. The number of rotatable bonds is 5. The van der Waals surface area contributed by atoms with Crippen molar-refractivity contribution in [3.63, 3.8) is 0 Å². The zero-order valence-electron chi connectivity index (χ0n) is 13.7. The Morgan fingerprint density at radius 1 is 1.43 bits per heavy atom. The van der Waals surface area contributed by atoms with Crippen molar-refractivity contribution < 1.29 is 9.53 Å². The summed E-state index contributed by atoms with van der Waals surface area (Å²) < 4.78 is 5.24. The molecule has 1 aromatic carbocycles. The van der Waals surface area contributed by atoms with Crippen molar-refractivity contribution in [2.24, 2.45) is 10.9 Å². The molecule has 124 valence electrons. The number of ether oxygens (including phenoxy) is 1. The van der Waals surface area contributed by atoms with Crippen molar-refractivity contribution in [3.8, 4) is 5.75 Å². The molecular formula is C17H24N4O2. The number of carbonyl (C=O) groups excluding carboxylic acids is 1. The van der Waals surface area contributed by atoms with Crippen LogP contribution in [0.5, 0.6) is 5.75 Å². The van der Waals surface area contributed by atoms with Crippen LogP contribution in [-0.2, 0) is 4.79 Å². The molecule has 2 fully saturated rings. The van der Waals surface area contributed by atoms with Gasteiger partial charge in [0, 0.05) is 38.3 Å². The lowest BCUT2D eigenvalue weighted by atomic mass is 10.2. The van der Waals surface area contributed by atoms with Crippen LogP contribution in [0.15, 0.2) is 29.3 Å². The van der Waals surface area contributed by atoms with Crippen molar-refractivity contribution >= 4 is 17.6 Å². The Morgan fingerprint density at radius 3 is 2.96 bits per heavy atom. The van der Waals surface area contributed by atoms with Crippen molar-refractivity contribution in [2.75, 3.05) is 32.1 Å². The van der Waals surface area contributed by atoms with E-state index in [9.17, 15) is 4.79 Å². The summed E-state index contributed by atoms with van der Waals surface area (Å²) in [6.45, 7) is 1.59. The molecule has 0 bridgehead atoms. The van der Waals surface area contributed by atoms with Gasteiger partial charge in [-0.25, -0.2) is 0 Å². The Labute approximate surface area is 136 Å². The van der Waals surface area contributed by atoms with Crippen molar-refractivity contribution in [3.05, 3.63) is 24.3 Å². The first kappa shape index (κ1) is 15.6. The average Bonchev–Trinajstić information content (AvgIpc) is 3.33. The molecule has 1 amide bonds. The van der Waals surface area contributed by atoms with E-state index in [4.69, 9.17) is 4.74 Å². The summed E-state index contributed by atoms with van der Waals surface area (Å²) in [5, 5.41) is 6.69. The third-order valence-corrected chi connectivity index (χ3v) is 4.31. The van der Waals surface area contributed by atoms with Crippen molar-refractivity contribution in [2.45, 2.75) is 25.3 Å². The van der Waals surface area contributed by atoms with E-state index in [1.807, 2.05) is 24.3 Å². The minimum absolute atomic E-state index is 0.0686. The second kappa shape index (κ2) is 6.89. The predicted octanol–water partition coefficient (Wildman–Crippen LogP) is 1.38. The zero-order valence-corrected chi connectivity index (χ0v) is 13.7. The molecule has 0 radical (unpaired) electrons. The molecule has 1 heterocycles. The molecule has 2 aliphatic rings. The highest BCUT2D eigenvalue weighted by atomic mass is 16.5. The van der Waals surface area contributed by atoms with Crippen LogP contribution in [0.3, 0.4) is 0 Å². The number of hydrogen-bond acceptors (Lipinski definition) is 3. The molecule has 23 heavy (non-hydrogen) atoms. The van der Waals surface area contributed by atoms with E-state index in [-0.39, 0.29) is 11.9 Å². The van der Waals surface area contributed by atoms with Gasteiger partial charge >= 0.3 is 0 Å². The Hall–Kier alpha value is -2.24. The molecule has 0 spiro atoms. The first-order chi connectivity index (χ1) is 11.2. The van der Waals surface area contributed by atoms with Gasteiger partial charge in [-0.3, -0.25) is 9.79 Å². The van der Waals surface area contributed by atoms with Gasteiger partial charge in [-0.2, -0.15) is 0 Å². The third kappa shape index (κ3) is 3.94. The Bertz CT molecular complexity index is 598. The number of nitrogens with zero attached hydrogens (tertiary/aromatic N) is 2. The lowest BCUT2D eigenvalue weighted by Crippen LogP contribution is -2.45. The fraction of sp³-hybridized carbons (Fsp3) is 0.529. The van der Waals surface area contributed by atoms with Gasteiger partial charge in [0.2, 0.25) is 5.91 Å². The van der Waals surface area contributed by atoms with Crippen molar-refractivity contribution in [1.82, 2.24) is 10.6 Å². The van der Waals surface area contributed by atoms with Gasteiger partial charge in [-0.05, 0) is 30.9 Å². The average molecular weight is 316 g/mol. The minimum Gasteiger partial charge on any atom is -0.497 e. The largest absolute Gasteiger partial charge is 0.497 e. The maximum atomic E-state index is 12.3. The highest BCUT2D eigenvalue weighted by molar-refractivity contribution is 5.97.